The van der Waals surface area contributed by atoms with Crippen LogP contribution >= 0.6 is 11.6 Å². The number of nitrogens with one attached hydrogen (secondary N) is 2. The summed E-state index contributed by atoms with van der Waals surface area (Å²) in [5, 5.41) is 12.0. The van der Waals surface area contributed by atoms with E-state index < -0.39 is 0 Å². The van der Waals surface area contributed by atoms with Gasteiger partial charge in [-0.1, -0.05) is 23.7 Å². The first-order chi connectivity index (χ1) is 12.6. The van der Waals surface area contributed by atoms with Gasteiger partial charge in [0.2, 0.25) is 0 Å². The van der Waals surface area contributed by atoms with Crippen molar-refractivity contribution in [3.63, 3.8) is 0 Å². The largest absolute Gasteiger partial charge is 0.375 e. The van der Waals surface area contributed by atoms with Gasteiger partial charge in [0, 0.05) is 38.2 Å². The number of aryl methyl sites for hydroxylation is 2. The molecule has 140 valence electrons. The molecule has 0 bridgehead atoms. The molecule has 8 heteroatoms. The summed E-state index contributed by atoms with van der Waals surface area (Å²) in [5.74, 6) is 2.64. The molecular weight excluding hydrogens is 352 g/mol. The van der Waals surface area contributed by atoms with Crippen molar-refractivity contribution in [1.82, 2.24) is 25.4 Å². The molecule has 0 radical (unpaired) electrons. The first-order valence-corrected chi connectivity index (χ1v) is 9.12. The number of nitrogens with zero attached hydrogens (tertiary/aromatic N) is 4. The molecule has 0 saturated carbocycles. The summed E-state index contributed by atoms with van der Waals surface area (Å²) in [7, 11) is 3.46. The van der Waals surface area contributed by atoms with Crippen molar-refractivity contribution in [1.29, 1.82) is 0 Å². The highest BCUT2D eigenvalue weighted by atomic mass is 35.5. The molecule has 2 unspecified atom stereocenters. The number of guanidine groups is 1. The van der Waals surface area contributed by atoms with Crippen LogP contribution in [0.15, 0.2) is 29.3 Å². The van der Waals surface area contributed by atoms with E-state index in [0.717, 1.165) is 42.6 Å². The van der Waals surface area contributed by atoms with Gasteiger partial charge in [-0.25, -0.2) is 9.67 Å². The Morgan fingerprint density at radius 2 is 2.35 bits per heavy atom. The van der Waals surface area contributed by atoms with Crippen LogP contribution in [0.1, 0.15) is 29.7 Å². The molecule has 0 fully saturated rings. The number of rotatable bonds is 5. The summed E-state index contributed by atoms with van der Waals surface area (Å²) in [6, 6.07) is 7.98. The van der Waals surface area contributed by atoms with Crippen LogP contribution < -0.4 is 10.6 Å². The van der Waals surface area contributed by atoms with Gasteiger partial charge in [-0.2, -0.15) is 5.10 Å². The summed E-state index contributed by atoms with van der Waals surface area (Å²) in [6.07, 6.45) is 1.81. The van der Waals surface area contributed by atoms with E-state index >= 15 is 0 Å². The molecule has 0 spiro atoms. The molecule has 3 rings (SSSR count). The molecule has 7 nitrogen and oxygen atoms in total. The fraction of sp³-hybridized carbons (Fsp3) is 0.500. The Hall–Kier alpha value is -2.12. The van der Waals surface area contributed by atoms with Gasteiger partial charge in [0.25, 0.3) is 0 Å². The molecule has 1 aromatic heterocycles. The Balaban J connectivity index is 1.56. The van der Waals surface area contributed by atoms with Crippen LogP contribution in [0.3, 0.4) is 0 Å². The third-order valence-electron chi connectivity index (χ3n) is 4.49. The second-order valence-corrected chi connectivity index (χ2v) is 6.81. The highest BCUT2D eigenvalue weighted by Gasteiger charge is 2.22. The van der Waals surface area contributed by atoms with E-state index in [9.17, 15) is 0 Å². The summed E-state index contributed by atoms with van der Waals surface area (Å²) >= 11 is 6.08. The first-order valence-electron chi connectivity index (χ1n) is 8.74. The third kappa shape index (κ3) is 4.53. The molecule has 0 amide bonds. The number of methoxy groups -OCH3 is 1. The predicted molar refractivity (Wildman–Crippen MR) is 103 cm³/mol. The van der Waals surface area contributed by atoms with Crippen molar-refractivity contribution in [2.75, 3.05) is 20.7 Å². The lowest BCUT2D eigenvalue weighted by Gasteiger charge is -2.26. The van der Waals surface area contributed by atoms with Gasteiger partial charge in [-0.15, -0.1) is 0 Å². The van der Waals surface area contributed by atoms with Crippen LogP contribution in [-0.4, -0.2) is 47.5 Å². The van der Waals surface area contributed by atoms with Gasteiger partial charge >= 0.3 is 0 Å². The van der Waals surface area contributed by atoms with E-state index in [-0.39, 0.29) is 12.1 Å². The van der Waals surface area contributed by atoms with Crippen LogP contribution in [0.2, 0.25) is 5.02 Å². The fourth-order valence-electron chi connectivity index (χ4n) is 3.17. The molecular formula is C18H25ClN6O. The average Bonchev–Trinajstić information content (AvgIpc) is 3.00. The third-order valence-corrected chi connectivity index (χ3v) is 4.72. The van der Waals surface area contributed by atoms with E-state index in [1.807, 2.05) is 35.9 Å². The minimum atomic E-state index is -0.108. The van der Waals surface area contributed by atoms with Gasteiger partial charge in [-0.3, -0.25) is 4.99 Å². The SMILES string of the molecule is CN=C(NCC(OC)c1cccc(Cl)c1)NC1CCc2nc(C)nn2C1. The molecule has 26 heavy (non-hydrogen) atoms. The normalized spacial score (nSPS) is 18.3. The van der Waals surface area contributed by atoms with Crippen LogP contribution in [0.5, 0.6) is 0 Å². The minimum absolute atomic E-state index is 0.108. The predicted octanol–water partition coefficient (Wildman–Crippen LogP) is 2.11. The molecule has 1 aliphatic heterocycles. The molecule has 2 aromatic rings. The Bertz CT molecular complexity index is 775. The smallest absolute Gasteiger partial charge is 0.191 e. The Kier molecular flexibility index (Phi) is 6.11. The zero-order chi connectivity index (χ0) is 18.5. The zero-order valence-corrected chi connectivity index (χ0v) is 16.1. The number of hydrogen-bond donors (Lipinski definition) is 2. The molecule has 2 heterocycles. The van der Waals surface area contributed by atoms with Crippen LogP contribution in [0.4, 0.5) is 0 Å². The quantitative estimate of drug-likeness (QED) is 0.617. The van der Waals surface area contributed by atoms with Crippen LogP contribution in [0, 0.1) is 6.92 Å². The molecule has 0 saturated heterocycles. The standard InChI is InChI=1S/C18H25ClN6O/c1-12-22-17-8-7-15(11-25(17)24-12)23-18(20-2)21-10-16(26-3)13-5-4-6-14(19)9-13/h4-6,9,15-16H,7-8,10-11H2,1-3H3,(H2,20,21,23). The molecule has 2 atom stereocenters. The minimum Gasteiger partial charge on any atom is -0.375 e. The maximum absolute atomic E-state index is 6.08. The van der Waals surface area contributed by atoms with Crippen LogP contribution in [0.25, 0.3) is 0 Å². The number of halogens is 1. The molecule has 1 aromatic carbocycles. The van der Waals surface area contributed by atoms with E-state index in [1.165, 1.54) is 0 Å². The van der Waals surface area contributed by atoms with Crippen LogP contribution in [-0.2, 0) is 17.7 Å². The van der Waals surface area contributed by atoms with Crippen molar-refractivity contribution in [3.8, 4) is 0 Å². The average molecular weight is 377 g/mol. The topological polar surface area (TPSA) is 76.4 Å². The first kappa shape index (κ1) is 18.7. The highest BCUT2D eigenvalue weighted by molar-refractivity contribution is 6.30. The lowest BCUT2D eigenvalue weighted by atomic mass is 10.1. The van der Waals surface area contributed by atoms with E-state index in [2.05, 4.69) is 25.7 Å². The van der Waals surface area contributed by atoms with Crippen molar-refractivity contribution in [2.45, 2.75) is 38.5 Å². The number of hydrogen-bond acceptors (Lipinski definition) is 4. The van der Waals surface area contributed by atoms with Crippen molar-refractivity contribution in [2.24, 2.45) is 4.99 Å². The van der Waals surface area contributed by atoms with E-state index in [0.29, 0.717) is 11.6 Å². The lowest BCUT2D eigenvalue weighted by Crippen LogP contribution is -2.48. The second kappa shape index (κ2) is 8.51. The number of ether oxygens (including phenoxy) is 1. The number of benzene rings is 1. The Morgan fingerprint density at radius 1 is 1.50 bits per heavy atom. The van der Waals surface area contributed by atoms with Gasteiger partial charge in [0.15, 0.2) is 5.96 Å². The van der Waals surface area contributed by atoms with Crippen molar-refractivity contribution >= 4 is 17.6 Å². The summed E-state index contributed by atoms with van der Waals surface area (Å²) < 4.78 is 7.58. The van der Waals surface area contributed by atoms with Gasteiger partial charge in [0.1, 0.15) is 11.6 Å². The maximum Gasteiger partial charge on any atom is 0.191 e. The monoisotopic (exact) mass is 376 g/mol. The fourth-order valence-corrected chi connectivity index (χ4v) is 3.37. The second-order valence-electron chi connectivity index (χ2n) is 6.37. The summed E-state index contributed by atoms with van der Waals surface area (Å²) in [6.45, 7) is 3.31. The highest BCUT2D eigenvalue weighted by Crippen LogP contribution is 2.19. The van der Waals surface area contributed by atoms with E-state index in [4.69, 9.17) is 16.3 Å². The Labute approximate surface area is 158 Å². The Morgan fingerprint density at radius 3 is 3.08 bits per heavy atom. The number of aliphatic imine (C=N–C) groups is 1. The van der Waals surface area contributed by atoms with Gasteiger partial charge < -0.3 is 15.4 Å². The number of fused-ring (bicyclic) bond motifs is 1. The van der Waals surface area contributed by atoms with E-state index in [1.54, 1.807) is 14.2 Å². The molecule has 2 N–H and O–H groups in total. The molecule has 1 aliphatic rings. The molecule has 0 aliphatic carbocycles. The van der Waals surface area contributed by atoms with Crippen molar-refractivity contribution in [3.05, 3.63) is 46.5 Å². The summed E-state index contributed by atoms with van der Waals surface area (Å²) in [4.78, 5) is 8.78. The van der Waals surface area contributed by atoms with Crippen molar-refractivity contribution < 1.29 is 4.74 Å². The maximum atomic E-state index is 6.08. The zero-order valence-electron chi connectivity index (χ0n) is 15.4. The van der Waals surface area contributed by atoms with Gasteiger partial charge in [-0.05, 0) is 31.0 Å². The summed E-state index contributed by atoms with van der Waals surface area (Å²) in [5.41, 5.74) is 1.03. The number of aromatic nitrogens is 3. The van der Waals surface area contributed by atoms with Gasteiger partial charge in [0.05, 0.1) is 12.6 Å². The lowest BCUT2D eigenvalue weighted by molar-refractivity contribution is 0.106.